The average Bonchev–Trinajstić information content (AvgIpc) is 2.34. The molecule has 0 aromatic carbocycles. The number of nitrogens with one attached hydrogen (secondary N) is 1. The van der Waals surface area contributed by atoms with Crippen molar-refractivity contribution in [3.63, 3.8) is 0 Å². The highest BCUT2D eigenvalue weighted by Crippen LogP contribution is 2.34. The van der Waals surface area contributed by atoms with E-state index in [4.69, 9.17) is 0 Å². The van der Waals surface area contributed by atoms with E-state index in [0.717, 1.165) is 0 Å². The monoisotopic (exact) mass is 240 g/mol. The zero-order valence-corrected chi connectivity index (χ0v) is 12.4. The molecule has 102 valence electrons. The molecular formula is C15H32N2. The topological polar surface area (TPSA) is 15.3 Å². The van der Waals surface area contributed by atoms with Crippen molar-refractivity contribution in [1.29, 1.82) is 0 Å². The van der Waals surface area contributed by atoms with E-state index in [0.29, 0.717) is 11.5 Å². The first-order chi connectivity index (χ1) is 8.09. The zero-order chi connectivity index (χ0) is 12.7. The van der Waals surface area contributed by atoms with Gasteiger partial charge < -0.3 is 10.2 Å². The quantitative estimate of drug-likeness (QED) is 0.735. The molecule has 0 saturated heterocycles. The van der Waals surface area contributed by atoms with E-state index in [-0.39, 0.29) is 0 Å². The summed E-state index contributed by atoms with van der Waals surface area (Å²) in [6, 6.07) is 0.619. The van der Waals surface area contributed by atoms with Gasteiger partial charge in [0.05, 0.1) is 0 Å². The molecule has 2 nitrogen and oxygen atoms in total. The van der Waals surface area contributed by atoms with Crippen molar-refractivity contribution in [3.05, 3.63) is 0 Å². The molecule has 0 spiro atoms. The largest absolute Gasteiger partial charge is 0.312 e. The van der Waals surface area contributed by atoms with Crippen molar-refractivity contribution in [1.82, 2.24) is 10.2 Å². The molecule has 0 bridgehead atoms. The minimum atomic E-state index is 0.565. The fourth-order valence-corrected chi connectivity index (χ4v) is 2.94. The zero-order valence-electron chi connectivity index (χ0n) is 12.4. The third-order valence-electron chi connectivity index (χ3n) is 4.36. The third kappa shape index (κ3) is 5.39. The van der Waals surface area contributed by atoms with E-state index in [9.17, 15) is 0 Å². The molecule has 1 aliphatic rings. The minimum absolute atomic E-state index is 0.565. The van der Waals surface area contributed by atoms with E-state index in [1.807, 2.05) is 0 Å². The summed E-state index contributed by atoms with van der Waals surface area (Å²) in [5, 5.41) is 3.75. The van der Waals surface area contributed by atoms with Crippen LogP contribution in [0.15, 0.2) is 0 Å². The first kappa shape index (κ1) is 15.0. The van der Waals surface area contributed by atoms with E-state index in [1.165, 1.54) is 58.3 Å². The lowest BCUT2D eigenvalue weighted by atomic mass is 9.75. The maximum Gasteiger partial charge on any atom is 0.0166 e. The van der Waals surface area contributed by atoms with Crippen LogP contribution in [0, 0.1) is 5.41 Å². The Labute approximate surface area is 108 Å². The highest BCUT2D eigenvalue weighted by atomic mass is 15.1. The van der Waals surface area contributed by atoms with Gasteiger partial charge in [0.2, 0.25) is 0 Å². The van der Waals surface area contributed by atoms with Crippen LogP contribution in [0.5, 0.6) is 0 Å². The van der Waals surface area contributed by atoms with Crippen LogP contribution in [0.2, 0.25) is 0 Å². The average molecular weight is 240 g/mol. The highest BCUT2D eigenvalue weighted by Gasteiger charge is 2.26. The molecule has 1 saturated carbocycles. The maximum absolute atomic E-state index is 3.75. The summed E-state index contributed by atoms with van der Waals surface area (Å²) in [5.41, 5.74) is 0.565. The Morgan fingerprint density at radius 2 is 1.71 bits per heavy atom. The van der Waals surface area contributed by atoms with Crippen molar-refractivity contribution in [3.8, 4) is 0 Å². The molecule has 1 rings (SSSR count). The molecule has 1 atom stereocenters. The lowest BCUT2D eigenvalue weighted by Gasteiger charge is -2.35. The molecule has 0 radical (unpaired) electrons. The number of nitrogens with zero attached hydrogens (tertiary/aromatic N) is 1. The molecule has 17 heavy (non-hydrogen) atoms. The Morgan fingerprint density at radius 3 is 2.24 bits per heavy atom. The number of hydrogen-bond acceptors (Lipinski definition) is 2. The lowest BCUT2D eigenvalue weighted by molar-refractivity contribution is 0.190. The van der Waals surface area contributed by atoms with Crippen molar-refractivity contribution in [2.75, 3.05) is 26.2 Å². The van der Waals surface area contributed by atoms with Crippen molar-refractivity contribution in [2.45, 2.75) is 65.8 Å². The van der Waals surface area contributed by atoms with Crippen LogP contribution in [-0.2, 0) is 0 Å². The predicted octanol–water partition coefficient (Wildman–Crippen LogP) is 3.28. The molecule has 1 N–H and O–H groups in total. The Bertz CT molecular complexity index is 193. The van der Waals surface area contributed by atoms with Crippen molar-refractivity contribution in [2.24, 2.45) is 5.41 Å². The summed E-state index contributed by atoms with van der Waals surface area (Å²) in [6.45, 7) is 14.0. The Kier molecular flexibility index (Phi) is 6.50. The van der Waals surface area contributed by atoms with E-state index in [1.54, 1.807) is 0 Å². The van der Waals surface area contributed by atoms with Crippen LogP contribution in [0.3, 0.4) is 0 Å². The van der Waals surface area contributed by atoms with E-state index < -0.39 is 0 Å². The van der Waals surface area contributed by atoms with Crippen LogP contribution in [-0.4, -0.2) is 37.1 Å². The van der Waals surface area contributed by atoms with Gasteiger partial charge in [-0.2, -0.15) is 0 Å². The van der Waals surface area contributed by atoms with Gasteiger partial charge in [-0.3, -0.25) is 0 Å². The van der Waals surface area contributed by atoms with Crippen LogP contribution in [0.4, 0.5) is 0 Å². The first-order valence-corrected chi connectivity index (χ1v) is 7.55. The molecule has 0 aliphatic heterocycles. The summed E-state index contributed by atoms with van der Waals surface area (Å²) >= 11 is 0. The normalized spacial score (nSPS) is 21.7. The van der Waals surface area contributed by atoms with Gasteiger partial charge >= 0.3 is 0 Å². The molecule has 0 aromatic rings. The van der Waals surface area contributed by atoms with Gasteiger partial charge in [-0.25, -0.2) is 0 Å². The first-order valence-electron chi connectivity index (χ1n) is 7.55. The standard InChI is InChI=1S/C15H32N2/c1-5-17(6-2)12-14(3)16-13-15(4)10-8-7-9-11-15/h14,16H,5-13H2,1-4H3. The Morgan fingerprint density at radius 1 is 1.12 bits per heavy atom. The van der Waals surface area contributed by atoms with Gasteiger partial charge in [0.15, 0.2) is 0 Å². The van der Waals surface area contributed by atoms with Gasteiger partial charge in [-0.05, 0) is 38.3 Å². The van der Waals surface area contributed by atoms with Crippen LogP contribution >= 0.6 is 0 Å². The summed E-state index contributed by atoms with van der Waals surface area (Å²) in [7, 11) is 0. The van der Waals surface area contributed by atoms with Gasteiger partial charge in [-0.15, -0.1) is 0 Å². The van der Waals surface area contributed by atoms with E-state index in [2.05, 4.69) is 37.9 Å². The highest BCUT2D eigenvalue weighted by molar-refractivity contribution is 4.82. The van der Waals surface area contributed by atoms with Crippen LogP contribution < -0.4 is 5.32 Å². The van der Waals surface area contributed by atoms with Crippen LogP contribution in [0.1, 0.15) is 59.8 Å². The lowest BCUT2D eigenvalue weighted by Crippen LogP contribution is -2.43. The summed E-state index contributed by atoms with van der Waals surface area (Å²) in [6.07, 6.45) is 7.14. The number of likely N-dealkylation sites (N-methyl/N-ethyl adjacent to an activating group) is 1. The second-order valence-corrected chi connectivity index (χ2v) is 6.14. The Balaban J connectivity index is 2.24. The smallest absolute Gasteiger partial charge is 0.0166 e. The third-order valence-corrected chi connectivity index (χ3v) is 4.36. The number of hydrogen-bond donors (Lipinski definition) is 1. The molecule has 1 unspecified atom stereocenters. The van der Waals surface area contributed by atoms with E-state index >= 15 is 0 Å². The molecule has 0 heterocycles. The number of rotatable bonds is 7. The molecular weight excluding hydrogens is 208 g/mol. The fraction of sp³-hybridized carbons (Fsp3) is 1.00. The van der Waals surface area contributed by atoms with Crippen molar-refractivity contribution >= 4 is 0 Å². The minimum Gasteiger partial charge on any atom is -0.312 e. The van der Waals surface area contributed by atoms with Gasteiger partial charge in [0.1, 0.15) is 0 Å². The van der Waals surface area contributed by atoms with Gasteiger partial charge in [0, 0.05) is 19.1 Å². The van der Waals surface area contributed by atoms with Gasteiger partial charge in [0.25, 0.3) is 0 Å². The SMILES string of the molecule is CCN(CC)CC(C)NCC1(C)CCCCC1. The predicted molar refractivity (Wildman–Crippen MR) is 76.4 cm³/mol. The van der Waals surface area contributed by atoms with Crippen LogP contribution in [0.25, 0.3) is 0 Å². The molecule has 1 fully saturated rings. The summed E-state index contributed by atoms with van der Waals surface area (Å²) < 4.78 is 0. The summed E-state index contributed by atoms with van der Waals surface area (Å²) in [5.74, 6) is 0. The Hall–Kier alpha value is -0.0800. The second-order valence-electron chi connectivity index (χ2n) is 6.14. The molecule has 0 amide bonds. The fourth-order valence-electron chi connectivity index (χ4n) is 2.94. The molecule has 0 aromatic heterocycles. The summed E-state index contributed by atoms with van der Waals surface area (Å²) in [4.78, 5) is 2.50. The second kappa shape index (κ2) is 7.38. The van der Waals surface area contributed by atoms with Gasteiger partial charge in [-0.1, -0.05) is 40.0 Å². The van der Waals surface area contributed by atoms with Crippen molar-refractivity contribution < 1.29 is 0 Å². The maximum atomic E-state index is 3.75. The molecule has 1 aliphatic carbocycles. The molecule has 2 heteroatoms.